The van der Waals surface area contributed by atoms with Gasteiger partial charge < -0.3 is 79.1 Å². The van der Waals surface area contributed by atoms with E-state index in [1.54, 1.807) is 7.11 Å². The summed E-state index contributed by atoms with van der Waals surface area (Å²) in [7, 11) is 1.64. The fourth-order valence-corrected chi connectivity index (χ4v) is 4.69. The van der Waals surface area contributed by atoms with E-state index in [-0.39, 0.29) is 24.9 Å². The van der Waals surface area contributed by atoms with Crippen LogP contribution in [0.2, 0.25) is 0 Å². The van der Waals surface area contributed by atoms with E-state index in [0.717, 1.165) is 71.6 Å². The molecule has 0 aromatic heterocycles. The molecule has 1 amide bonds. The number of carbonyl (C=O) groups excluding carboxylic acids is 2. The zero-order valence-corrected chi connectivity index (χ0v) is 35.5. The van der Waals surface area contributed by atoms with Crippen LogP contribution in [0.3, 0.4) is 0 Å². The summed E-state index contributed by atoms with van der Waals surface area (Å²) < 4.78 is 53.5. The molecule has 0 saturated heterocycles. The maximum Gasteiger partial charge on any atom is 0.305 e. The van der Waals surface area contributed by atoms with Gasteiger partial charge in [-0.05, 0) is 64.7 Å². The molecule has 0 rings (SSSR count). The molecule has 0 saturated carbocycles. The molecule has 0 bridgehead atoms. The summed E-state index contributed by atoms with van der Waals surface area (Å²) in [5, 5.41) is 24.8. The van der Waals surface area contributed by atoms with Crippen molar-refractivity contribution in [2.75, 3.05) is 185 Å². The first-order valence-electron chi connectivity index (χ1n) is 21.1. The SMILES string of the molecule is COCCOCCOCCOCCOCCOCCOCCOCCOCC(=O)NCCCCOC(=O)CCCNCCNCCCCNCCNCCCC(=O)O. The van der Waals surface area contributed by atoms with Gasteiger partial charge in [0.2, 0.25) is 5.91 Å². The normalized spacial score (nSPS) is 11.3. The molecule has 0 unspecified atom stereocenters. The minimum absolute atomic E-state index is 0.0355. The Bertz CT molecular complexity index is 885. The van der Waals surface area contributed by atoms with Gasteiger partial charge in [-0.2, -0.15) is 0 Å². The Morgan fingerprint density at radius 3 is 1.17 bits per heavy atom. The average molecular weight is 842 g/mol. The Hall–Kier alpha value is -2.11. The number of methoxy groups -OCH3 is 1. The largest absolute Gasteiger partial charge is 0.481 e. The van der Waals surface area contributed by atoms with Gasteiger partial charge in [0.25, 0.3) is 0 Å². The topological polar surface area (TPSA) is 224 Å². The minimum Gasteiger partial charge on any atom is -0.481 e. The highest BCUT2D eigenvalue weighted by molar-refractivity contribution is 5.77. The third kappa shape index (κ3) is 50.0. The van der Waals surface area contributed by atoms with Crippen LogP contribution in [0.15, 0.2) is 0 Å². The van der Waals surface area contributed by atoms with Gasteiger partial charge in [0, 0.05) is 52.7 Å². The first kappa shape index (κ1) is 55.9. The molecule has 0 aliphatic rings. The van der Waals surface area contributed by atoms with Crippen molar-refractivity contribution >= 4 is 17.8 Å². The van der Waals surface area contributed by atoms with Crippen molar-refractivity contribution in [1.82, 2.24) is 26.6 Å². The average Bonchev–Trinajstić information content (AvgIpc) is 3.21. The Labute approximate surface area is 347 Å². The molecule has 0 aromatic rings. The molecule has 0 fully saturated rings. The molecule has 0 aromatic carbocycles. The standard InChI is InChI=1S/C39H79N5O14/c1-49-20-21-50-22-23-51-24-25-52-26-27-53-28-29-54-30-31-55-32-33-56-34-35-57-36-37(45)44-14-4-5-19-58-39(48)9-7-13-43-18-16-41-11-3-2-10-40-15-17-42-12-6-8-38(46)47/h40-43H,2-36H2,1H3,(H,44,45)(H,46,47). The molecule has 19 nitrogen and oxygen atoms in total. The molecule has 0 aliphatic carbocycles. The monoisotopic (exact) mass is 842 g/mol. The maximum absolute atomic E-state index is 11.9. The number of unbranched alkanes of at least 4 members (excludes halogenated alkanes) is 2. The third-order valence-electron chi connectivity index (χ3n) is 7.82. The molecule has 0 atom stereocenters. The van der Waals surface area contributed by atoms with E-state index in [2.05, 4.69) is 26.6 Å². The number of carboxylic acids is 1. The summed E-state index contributed by atoms with van der Waals surface area (Å²) in [6.45, 7) is 15.4. The number of hydrogen-bond donors (Lipinski definition) is 6. The van der Waals surface area contributed by atoms with Gasteiger partial charge in [-0.15, -0.1) is 0 Å². The van der Waals surface area contributed by atoms with E-state index in [9.17, 15) is 14.4 Å². The number of aliphatic carboxylic acids is 1. The van der Waals surface area contributed by atoms with Crippen molar-refractivity contribution in [2.45, 2.75) is 51.4 Å². The van der Waals surface area contributed by atoms with E-state index >= 15 is 0 Å². The number of carbonyl (C=O) groups is 3. The predicted octanol–water partition coefficient (Wildman–Crippen LogP) is -0.0112. The van der Waals surface area contributed by atoms with Gasteiger partial charge in [-0.25, -0.2) is 0 Å². The molecule has 0 radical (unpaired) electrons. The quantitative estimate of drug-likeness (QED) is 0.0350. The van der Waals surface area contributed by atoms with E-state index in [1.165, 1.54) is 0 Å². The number of esters is 1. The van der Waals surface area contributed by atoms with Crippen molar-refractivity contribution in [3.05, 3.63) is 0 Å². The number of amides is 1. The molecule has 6 N–H and O–H groups in total. The zero-order valence-electron chi connectivity index (χ0n) is 35.5. The van der Waals surface area contributed by atoms with Crippen molar-refractivity contribution in [1.29, 1.82) is 0 Å². The lowest BCUT2D eigenvalue weighted by molar-refractivity contribution is -0.144. The number of carboxylic acid groups (broad SMARTS) is 1. The van der Waals surface area contributed by atoms with Crippen LogP contribution >= 0.6 is 0 Å². The highest BCUT2D eigenvalue weighted by Gasteiger charge is 2.04. The van der Waals surface area contributed by atoms with Gasteiger partial charge in [0.1, 0.15) is 6.61 Å². The van der Waals surface area contributed by atoms with Crippen LogP contribution in [-0.4, -0.2) is 208 Å². The van der Waals surface area contributed by atoms with E-state index < -0.39 is 5.97 Å². The Morgan fingerprint density at radius 2 is 0.759 bits per heavy atom. The summed E-state index contributed by atoms with van der Waals surface area (Å²) in [4.78, 5) is 34.3. The lowest BCUT2D eigenvalue weighted by Gasteiger charge is -2.09. The number of hydrogen-bond acceptors (Lipinski definition) is 17. The van der Waals surface area contributed by atoms with Gasteiger partial charge in [-0.3, -0.25) is 14.4 Å². The smallest absolute Gasteiger partial charge is 0.305 e. The second-order valence-electron chi connectivity index (χ2n) is 12.9. The summed E-state index contributed by atoms with van der Waals surface area (Å²) in [5.41, 5.74) is 0. The van der Waals surface area contributed by atoms with E-state index in [0.29, 0.717) is 145 Å². The van der Waals surface area contributed by atoms with Gasteiger partial charge >= 0.3 is 11.9 Å². The van der Waals surface area contributed by atoms with Crippen LogP contribution in [0.25, 0.3) is 0 Å². The highest BCUT2D eigenvalue weighted by Crippen LogP contribution is 1.96. The number of rotatable bonds is 50. The summed E-state index contributed by atoms with van der Waals surface area (Å²) >= 11 is 0. The molecular weight excluding hydrogens is 762 g/mol. The van der Waals surface area contributed by atoms with Gasteiger partial charge in [-0.1, -0.05) is 0 Å². The second kappa shape index (κ2) is 49.3. The zero-order chi connectivity index (χ0) is 42.1. The summed E-state index contributed by atoms with van der Waals surface area (Å²) in [5.74, 6) is -1.14. The van der Waals surface area contributed by atoms with Gasteiger partial charge in [0.15, 0.2) is 0 Å². The minimum atomic E-state index is -0.749. The first-order valence-corrected chi connectivity index (χ1v) is 21.1. The Balaban J connectivity index is 3.23. The summed E-state index contributed by atoms with van der Waals surface area (Å²) in [6.07, 6.45) is 5.57. The Kier molecular flexibility index (Phi) is 47.5. The van der Waals surface area contributed by atoms with E-state index in [1.807, 2.05) is 0 Å². The highest BCUT2D eigenvalue weighted by atomic mass is 16.6. The van der Waals surface area contributed by atoms with E-state index in [4.69, 9.17) is 52.5 Å². The van der Waals surface area contributed by atoms with Crippen molar-refractivity contribution in [2.24, 2.45) is 0 Å². The van der Waals surface area contributed by atoms with Crippen LogP contribution in [0.5, 0.6) is 0 Å². The fourth-order valence-electron chi connectivity index (χ4n) is 4.69. The predicted molar refractivity (Wildman–Crippen MR) is 218 cm³/mol. The van der Waals surface area contributed by atoms with Gasteiger partial charge in [0.05, 0.1) is 112 Å². The Morgan fingerprint density at radius 1 is 0.397 bits per heavy atom. The third-order valence-corrected chi connectivity index (χ3v) is 7.82. The van der Waals surface area contributed by atoms with Crippen LogP contribution < -0.4 is 26.6 Å². The lowest BCUT2D eigenvalue weighted by Crippen LogP contribution is -2.30. The molecule has 0 aliphatic heterocycles. The molecule has 344 valence electrons. The fraction of sp³-hybridized carbons (Fsp3) is 0.923. The van der Waals surface area contributed by atoms with Crippen molar-refractivity contribution in [3.8, 4) is 0 Å². The second-order valence-corrected chi connectivity index (χ2v) is 12.9. The van der Waals surface area contributed by atoms with Crippen LogP contribution in [0.1, 0.15) is 51.4 Å². The number of nitrogens with one attached hydrogen (secondary N) is 5. The van der Waals surface area contributed by atoms with Crippen molar-refractivity contribution in [3.63, 3.8) is 0 Å². The van der Waals surface area contributed by atoms with Crippen LogP contribution in [-0.2, 0) is 61.8 Å². The number of ether oxygens (including phenoxy) is 10. The first-order chi connectivity index (χ1) is 28.6. The van der Waals surface area contributed by atoms with Crippen molar-refractivity contribution < 1.29 is 66.9 Å². The molecule has 0 heterocycles. The van der Waals surface area contributed by atoms with Crippen LogP contribution in [0, 0.1) is 0 Å². The molecule has 19 heteroatoms. The molecule has 58 heavy (non-hydrogen) atoms. The summed E-state index contributed by atoms with van der Waals surface area (Å²) in [6, 6.07) is 0. The molecule has 0 spiro atoms. The van der Waals surface area contributed by atoms with Crippen LogP contribution in [0.4, 0.5) is 0 Å². The molecular formula is C39H79N5O14. The lowest BCUT2D eigenvalue weighted by atomic mass is 10.3. The maximum atomic E-state index is 11.9.